The highest BCUT2D eigenvalue weighted by Gasteiger charge is 2.41. The molecule has 2 heterocycles. The average molecular weight is 531 g/mol. The summed E-state index contributed by atoms with van der Waals surface area (Å²) in [5, 5.41) is 3.34. The number of rotatable bonds is 5. The molecule has 0 spiro atoms. The molecule has 0 unspecified atom stereocenters. The zero-order chi connectivity index (χ0) is 26.2. The Morgan fingerprint density at radius 2 is 1.73 bits per heavy atom. The molecule has 1 fully saturated rings. The number of ether oxygens (including phenoxy) is 2. The van der Waals surface area contributed by atoms with Crippen molar-refractivity contribution in [2.24, 2.45) is 5.92 Å². The van der Waals surface area contributed by atoms with E-state index in [1.165, 1.54) is 11.0 Å². The summed E-state index contributed by atoms with van der Waals surface area (Å²) < 4.78 is 50.9. The first-order valence-corrected chi connectivity index (χ1v) is 11.9. The molecule has 2 aliphatic heterocycles. The number of hydrogen-bond donors (Lipinski definition) is 1. The smallest absolute Gasteiger partial charge is 0.416 e. The van der Waals surface area contributed by atoms with Crippen LogP contribution in [0, 0.1) is 5.92 Å². The van der Waals surface area contributed by atoms with Gasteiger partial charge in [0.1, 0.15) is 0 Å². The van der Waals surface area contributed by atoms with Gasteiger partial charge in [-0.2, -0.15) is 13.2 Å². The molecular formula is C27H22ClF3N2O4. The highest BCUT2D eigenvalue weighted by atomic mass is 35.5. The number of benzene rings is 3. The van der Waals surface area contributed by atoms with E-state index in [1.807, 2.05) is 0 Å². The lowest BCUT2D eigenvalue weighted by Gasteiger charge is -2.19. The average Bonchev–Trinajstić information content (AvgIpc) is 3.54. The Morgan fingerprint density at radius 3 is 2.49 bits per heavy atom. The molecule has 0 radical (unpaired) electrons. The number of amides is 2. The van der Waals surface area contributed by atoms with Gasteiger partial charge in [0.25, 0.3) is 5.91 Å². The third kappa shape index (κ3) is 5.36. The zero-order valence-electron chi connectivity index (χ0n) is 19.4. The molecule has 192 valence electrons. The molecule has 3 aromatic carbocycles. The second kappa shape index (κ2) is 9.97. The number of likely N-dealkylation sites (tertiary alicyclic amines) is 1. The second-order valence-corrected chi connectivity index (χ2v) is 9.40. The van der Waals surface area contributed by atoms with Crippen molar-refractivity contribution >= 4 is 23.4 Å². The fraction of sp³-hybridized carbons (Fsp3) is 0.259. The quantitative estimate of drug-likeness (QED) is 0.489. The summed E-state index contributed by atoms with van der Waals surface area (Å²) in [6.45, 7) is 0.482. The third-order valence-electron chi connectivity index (χ3n) is 6.58. The monoisotopic (exact) mass is 530 g/mol. The van der Waals surface area contributed by atoms with E-state index in [0.717, 1.165) is 17.7 Å². The van der Waals surface area contributed by atoms with Gasteiger partial charge >= 0.3 is 6.18 Å². The Kier molecular flexibility index (Phi) is 6.72. The first-order chi connectivity index (χ1) is 17.7. The summed E-state index contributed by atoms with van der Waals surface area (Å²) in [7, 11) is 0. The largest absolute Gasteiger partial charge is 0.454 e. The van der Waals surface area contributed by atoms with Gasteiger partial charge in [-0.05, 0) is 53.6 Å². The van der Waals surface area contributed by atoms with Gasteiger partial charge in [-0.15, -0.1) is 0 Å². The molecule has 2 aliphatic rings. The molecule has 0 bridgehead atoms. The predicted octanol–water partition coefficient (Wildman–Crippen LogP) is 5.26. The molecule has 1 N–H and O–H groups in total. The lowest BCUT2D eigenvalue weighted by atomic mass is 9.87. The number of fused-ring (bicyclic) bond motifs is 1. The van der Waals surface area contributed by atoms with Gasteiger partial charge in [0.2, 0.25) is 12.7 Å². The Labute approximate surface area is 215 Å². The maximum absolute atomic E-state index is 13.4. The minimum absolute atomic E-state index is 0.0648. The SMILES string of the molecule is O=C(NCc1ccc2c(c1)OCO2)[C@@H]1CN(C(=O)c2ccc(Cl)cc2)C[C@H]1c1cccc(C(F)(F)F)c1. The highest BCUT2D eigenvalue weighted by Crippen LogP contribution is 2.37. The van der Waals surface area contributed by atoms with E-state index in [0.29, 0.717) is 27.6 Å². The third-order valence-corrected chi connectivity index (χ3v) is 6.83. The van der Waals surface area contributed by atoms with Crippen LogP contribution in [0.15, 0.2) is 66.7 Å². The van der Waals surface area contributed by atoms with Crippen molar-refractivity contribution in [3.8, 4) is 11.5 Å². The van der Waals surface area contributed by atoms with Crippen LogP contribution in [-0.2, 0) is 17.5 Å². The molecule has 10 heteroatoms. The van der Waals surface area contributed by atoms with Crippen LogP contribution >= 0.6 is 11.6 Å². The normalized spacial score (nSPS) is 18.6. The maximum Gasteiger partial charge on any atom is 0.416 e. The van der Waals surface area contributed by atoms with Gasteiger partial charge in [0, 0.05) is 36.1 Å². The number of halogens is 4. The van der Waals surface area contributed by atoms with Crippen molar-refractivity contribution < 1.29 is 32.2 Å². The van der Waals surface area contributed by atoms with E-state index in [1.54, 1.807) is 48.5 Å². The molecule has 2 amide bonds. The summed E-state index contributed by atoms with van der Waals surface area (Å²) in [4.78, 5) is 28.0. The van der Waals surface area contributed by atoms with Crippen molar-refractivity contribution in [1.82, 2.24) is 10.2 Å². The topological polar surface area (TPSA) is 67.9 Å². The Morgan fingerprint density at radius 1 is 0.973 bits per heavy atom. The van der Waals surface area contributed by atoms with Gasteiger partial charge < -0.3 is 19.7 Å². The second-order valence-electron chi connectivity index (χ2n) is 8.96. The minimum atomic E-state index is -4.52. The summed E-state index contributed by atoms with van der Waals surface area (Å²) in [6.07, 6.45) is -4.52. The predicted molar refractivity (Wildman–Crippen MR) is 129 cm³/mol. The molecule has 2 atom stereocenters. The number of alkyl halides is 3. The Bertz CT molecular complexity index is 1330. The molecule has 0 saturated carbocycles. The molecular weight excluding hydrogens is 509 g/mol. The minimum Gasteiger partial charge on any atom is -0.454 e. The lowest BCUT2D eigenvalue weighted by Crippen LogP contribution is -2.35. The highest BCUT2D eigenvalue weighted by molar-refractivity contribution is 6.30. The van der Waals surface area contributed by atoms with Crippen LogP contribution in [0.5, 0.6) is 11.5 Å². The van der Waals surface area contributed by atoms with Crippen LogP contribution in [0.25, 0.3) is 0 Å². The van der Waals surface area contributed by atoms with Gasteiger partial charge in [-0.1, -0.05) is 35.9 Å². The molecule has 0 aliphatic carbocycles. The fourth-order valence-corrected chi connectivity index (χ4v) is 4.79. The summed E-state index contributed by atoms with van der Waals surface area (Å²) in [6, 6.07) is 16.6. The maximum atomic E-state index is 13.4. The van der Waals surface area contributed by atoms with Gasteiger partial charge in [0.15, 0.2) is 11.5 Å². The number of hydrogen-bond acceptors (Lipinski definition) is 4. The van der Waals surface area contributed by atoms with Crippen LogP contribution in [0.4, 0.5) is 13.2 Å². The summed E-state index contributed by atoms with van der Waals surface area (Å²) in [5.74, 6) is -0.837. The van der Waals surface area contributed by atoms with E-state index >= 15 is 0 Å². The molecule has 3 aromatic rings. The lowest BCUT2D eigenvalue weighted by molar-refractivity contribution is -0.137. The van der Waals surface area contributed by atoms with E-state index in [2.05, 4.69) is 5.32 Å². The number of carbonyl (C=O) groups is 2. The standard InChI is InChI=1S/C27H22ClF3N2O4/c28-20-7-5-17(6-8-20)26(35)33-13-21(18-2-1-3-19(11-18)27(29,30)31)22(14-33)25(34)32-12-16-4-9-23-24(10-16)37-15-36-23/h1-11,21-22H,12-15H2,(H,32,34)/t21-,22+/m0/s1. The first-order valence-electron chi connectivity index (χ1n) is 11.6. The molecule has 5 rings (SSSR count). The van der Waals surface area contributed by atoms with E-state index < -0.39 is 23.6 Å². The Hall–Kier alpha value is -3.72. The summed E-state index contributed by atoms with van der Waals surface area (Å²) >= 11 is 5.93. The van der Waals surface area contributed by atoms with Crippen LogP contribution < -0.4 is 14.8 Å². The Balaban J connectivity index is 1.38. The van der Waals surface area contributed by atoms with Gasteiger partial charge in [-0.25, -0.2) is 0 Å². The van der Waals surface area contributed by atoms with Crippen molar-refractivity contribution in [2.45, 2.75) is 18.6 Å². The van der Waals surface area contributed by atoms with E-state index in [9.17, 15) is 22.8 Å². The van der Waals surface area contributed by atoms with Gasteiger partial charge in [0.05, 0.1) is 11.5 Å². The van der Waals surface area contributed by atoms with Gasteiger partial charge in [-0.3, -0.25) is 9.59 Å². The fourth-order valence-electron chi connectivity index (χ4n) is 4.66. The zero-order valence-corrected chi connectivity index (χ0v) is 20.2. The van der Waals surface area contributed by atoms with Crippen molar-refractivity contribution in [3.63, 3.8) is 0 Å². The van der Waals surface area contributed by atoms with Crippen LogP contribution in [0.2, 0.25) is 5.02 Å². The van der Waals surface area contributed by atoms with Crippen LogP contribution in [-0.4, -0.2) is 36.6 Å². The van der Waals surface area contributed by atoms with Crippen LogP contribution in [0.3, 0.4) is 0 Å². The van der Waals surface area contributed by atoms with Crippen molar-refractivity contribution in [2.75, 3.05) is 19.9 Å². The van der Waals surface area contributed by atoms with Crippen molar-refractivity contribution in [3.05, 3.63) is 94.0 Å². The molecule has 1 saturated heterocycles. The molecule has 37 heavy (non-hydrogen) atoms. The van der Waals surface area contributed by atoms with Crippen LogP contribution in [0.1, 0.15) is 33.0 Å². The number of carbonyl (C=O) groups excluding carboxylic acids is 2. The molecule has 6 nitrogen and oxygen atoms in total. The van der Waals surface area contributed by atoms with Crippen molar-refractivity contribution in [1.29, 1.82) is 0 Å². The van der Waals surface area contributed by atoms with E-state index in [4.69, 9.17) is 21.1 Å². The molecule has 0 aromatic heterocycles. The number of nitrogens with one attached hydrogen (secondary N) is 1. The number of nitrogens with zero attached hydrogens (tertiary/aromatic N) is 1. The van der Waals surface area contributed by atoms with E-state index in [-0.39, 0.29) is 38.2 Å². The summed E-state index contributed by atoms with van der Waals surface area (Å²) in [5.41, 5.74) is 0.713. The first kappa shape index (κ1) is 25.0.